The predicted molar refractivity (Wildman–Crippen MR) is 107 cm³/mol. The average Bonchev–Trinajstić information content (AvgIpc) is 3.10. The fraction of sp³-hybridized carbons (Fsp3) is 0.700. The van der Waals surface area contributed by atoms with Gasteiger partial charge in [-0.3, -0.25) is 0 Å². The van der Waals surface area contributed by atoms with Gasteiger partial charge in [0, 0.05) is 18.6 Å². The molecule has 2 aliphatic carbocycles. The third-order valence-electron chi connectivity index (χ3n) is 6.62. The van der Waals surface area contributed by atoms with Crippen molar-refractivity contribution in [3.05, 3.63) is 30.3 Å². The number of benzene rings is 1. The molecule has 6 heteroatoms. The molecule has 1 N–H and O–H groups in total. The average molecular weight is 399 g/mol. The van der Waals surface area contributed by atoms with E-state index >= 15 is 0 Å². The van der Waals surface area contributed by atoms with Crippen LogP contribution < -0.4 is 4.72 Å². The van der Waals surface area contributed by atoms with Crippen molar-refractivity contribution in [2.75, 3.05) is 13.1 Å². The molecule has 1 heterocycles. The third-order valence-corrected chi connectivity index (χ3v) is 8.16. The van der Waals surface area contributed by atoms with Gasteiger partial charge in [0.25, 0.3) is 0 Å². The zero-order chi connectivity index (χ0) is 17.3. The summed E-state index contributed by atoms with van der Waals surface area (Å²) in [5.74, 6) is 1.85. The van der Waals surface area contributed by atoms with E-state index in [1.165, 1.54) is 45.2 Å². The molecule has 1 saturated heterocycles. The Bertz CT molecular complexity index is 682. The molecule has 26 heavy (non-hydrogen) atoms. The van der Waals surface area contributed by atoms with Crippen LogP contribution in [-0.2, 0) is 10.0 Å². The lowest BCUT2D eigenvalue weighted by atomic mass is 9.75. The van der Waals surface area contributed by atoms with Crippen molar-refractivity contribution in [3.63, 3.8) is 0 Å². The first-order valence-corrected chi connectivity index (χ1v) is 11.4. The van der Waals surface area contributed by atoms with Gasteiger partial charge in [0.15, 0.2) is 0 Å². The predicted octanol–water partition coefficient (Wildman–Crippen LogP) is 3.82. The second-order valence-electron chi connectivity index (χ2n) is 8.19. The van der Waals surface area contributed by atoms with E-state index in [2.05, 4.69) is 9.62 Å². The lowest BCUT2D eigenvalue weighted by Gasteiger charge is -2.43. The molecule has 2 saturated carbocycles. The van der Waals surface area contributed by atoms with Crippen molar-refractivity contribution < 1.29 is 8.42 Å². The summed E-state index contributed by atoms with van der Waals surface area (Å²) < 4.78 is 28.0. The van der Waals surface area contributed by atoms with Crippen LogP contribution in [0.2, 0.25) is 0 Å². The SMILES string of the molecule is Cl.O=S(=O)(NC1CCC(N2CCC3CCCCC3C2)C1)c1ccccc1. The number of piperidine rings is 1. The van der Waals surface area contributed by atoms with Crippen LogP contribution >= 0.6 is 12.4 Å². The fourth-order valence-electron chi connectivity index (χ4n) is 5.24. The number of nitrogens with zero attached hydrogens (tertiary/aromatic N) is 1. The monoisotopic (exact) mass is 398 g/mol. The number of hydrogen-bond donors (Lipinski definition) is 1. The zero-order valence-corrected chi connectivity index (χ0v) is 17.0. The second-order valence-corrected chi connectivity index (χ2v) is 9.90. The van der Waals surface area contributed by atoms with Gasteiger partial charge in [0.1, 0.15) is 0 Å². The van der Waals surface area contributed by atoms with Crippen LogP contribution in [0.3, 0.4) is 0 Å². The molecule has 0 radical (unpaired) electrons. The molecule has 4 atom stereocenters. The quantitative estimate of drug-likeness (QED) is 0.838. The van der Waals surface area contributed by atoms with Gasteiger partial charge < -0.3 is 4.90 Å². The highest BCUT2D eigenvalue weighted by Gasteiger charge is 2.37. The maximum atomic E-state index is 12.5. The van der Waals surface area contributed by atoms with Gasteiger partial charge in [0.2, 0.25) is 10.0 Å². The Labute approximate surface area is 164 Å². The summed E-state index contributed by atoms with van der Waals surface area (Å²) in [5.41, 5.74) is 0. The Morgan fingerprint density at radius 1 is 0.923 bits per heavy atom. The minimum absolute atomic E-state index is 0. The van der Waals surface area contributed by atoms with Crippen molar-refractivity contribution in [1.82, 2.24) is 9.62 Å². The minimum Gasteiger partial charge on any atom is -0.300 e. The van der Waals surface area contributed by atoms with Gasteiger partial charge in [-0.1, -0.05) is 37.5 Å². The Hall–Kier alpha value is -0.620. The van der Waals surface area contributed by atoms with E-state index in [1.54, 1.807) is 24.3 Å². The molecule has 4 nitrogen and oxygen atoms in total. The van der Waals surface area contributed by atoms with E-state index in [0.717, 1.165) is 31.1 Å². The Balaban J connectivity index is 0.00000196. The highest BCUT2D eigenvalue weighted by atomic mass is 35.5. The molecule has 1 aromatic carbocycles. The molecule has 4 rings (SSSR count). The first-order chi connectivity index (χ1) is 12.1. The number of likely N-dealkylation sites (tertiary alicyclic amines) is 1. The van der Waals surface area contributed by atoms with Crippen LogP contribution in [0, 0.1) is 11.8 Å². The zero-order valence-electron chi connectivity index (χ0n) is 15.3. The van der Waals surface area contributed by atoms with Gasteiger partial charge in [-0.2, -0.15) is 0 Å². The molecule has 0 bridgehead atoms. The summed E-state index contributed by atoms with van der Waals surface area (Å²) in [6.45, 7) is 2.46. The van der Waals surface area contributed by atoms with E-state index in [4.69, 9.17) is 0 Å². The number of fused-ring (bicyclic) bond motifs is 1. The molecule has 4 unspecified atom stereocenters. The Morgan fingerprint density at radius 3 is 2.42 bits per heavy atom. The van der Waals surface area contributed by atoms with Crippen molar-refractivity contribution in [2.45, 2.75) is 68.3 Å². The summed E-state index contributed by atoms with van der Waals surface area (Å²) >= 11 is 0. The standard InChI is InChI=1S/C20H30N2O2S.ClH/c23-25(24,20-8-2-1-3-9-20)21-18-10-11-19(14-18)22-13-12-16-6-4-5-7-17(16)15-22;/h1-3,8-9,16-19,21H,4-7,10-15H2;1H. The maximum Gasteiger partial charge on any atom is 0.240 e. The number of halogens is 1. The molecular weight excluding hydrogens is 368 g/mol. The van der Waals surface area contributed by atoms with Gasteiger partial charge >= 0.3 is 0 Å². The lowest BCUT2D eigenvalue weighted by molar-refractivity contribution is 0.0580. The smallest absolute Gasteiger partial charge is 0.240 e. The van der Waals surface area contributed by atoms with Crippen LogP contribution in [0.1, 0.15) is 51.4 Å². The number of nitrogens with one attached hydrogen (secondary N) is 1. The van der Waals surface area contributed by atoms with Gasteiger partial charge in [0.05, 0.1) is 4.90 Å². The maximum absolute atomic E-state index is 12.5. The van der Waals surface area contributed by atoms with E-state index in [1.807, 2.05) is 6.07 Å². The van der Waals surface area contributed by atoms with E-state index in [9.17, 15) is 8.42 Å². The van der Waals surface area contributed by atoms with E-state index in [0.29, 0.717) is 10.9 Å². The molecule has 0 spiro atoms. The summed E-state index contributed by atoms with van der Waals surface area (Å²) in [6.07, 6.45) is 10.1. The summed E-state index contributed by atoms with van der Waals surface area (Å²) in [4.78, 5) is 3.05. The summed E-state index contributed by atoms with van der Waals surface area (Å²) in [6, 6.07) is 9.39. The summed E-state index contributed by atoms with van der Waals surface area (Å²) in [5, 5.41) is 0. The molecule has 1 aliphatic heterocycles. The van der Waals surface area contributed by atoms with Crippen LogP contribution in [-0.4, -0.2) is 38.5 Å². The van der Waals surface area contributed by atoms with Crippen LogP contribution in [0.15, 0.2) is 35.2 Å². The first kappa shape index (κ1) is 20.1. The fourth-order valence-corrected chi connectivity index (χ4v) is 6.55. The molecule has 0 amide bonds. The molecule has 1 aromatic rings. The van der Waals surface area contributed by atoms with Crippen LogP contribution in [0.4, 0.5) is 0 Å². The molecule has 146 valence electrons. The van der Waals surface area contributed by atoms with Crippen molar-refractivity contribution in [2.24, 2.45) is 11.8 Å². The first-order valence-electron chi connectivity index (χ1n) is 9.93. The summed E-state index contributed by atoms with van der Waals surface area (Å²) in [7, 11) is -3.39. The molecule has 3 aliphatic rings. The largest absolute Gasteiger partial charge is 0.300 e. The van der Waals surface area contributed by atoms with Crippen molar-refractivity contribution in [3.8, 4) is 0 Å². The number of hydrogen-bond acceptors (Lipinski definition) is 3. The van der Waals surface area contributed by atoms with E-state index < -0.39 is 10.0 Å². The lowest BCUT2D eigenvalue weighted by Crippen LogP contribution is -2.46. The van der Waals surface area contributed by atoms with E-state index in [-0.39, 0.29) is 18.4 Å². The minimum atomic E-state index is -3.39. The van der Waals surface area contributed by atoms with Crippen molar-refractivity contribution in [1.29, 1.82) is 0 Å². The Kier molecular flexibility index (Phi) is 6.65. The van der Waals surface area contributed by atoms with Crippen LogP contribution in [0.25, 0.3) is 0 Å². The highest BCUT2D eigenvalue weighted by Crippen LogP contribution is 2.38. The topological polar surface area (TPSA) is 49.4 Å². The Morgan fingerprint density at radius 2 is 1.65 bits per heavy atom. The normalized spacial score (nSPS) is 32.6. The number of rotatable bonds is 4. The third kappa shape index (κ3) is 4.44. The van der Waals surface area contributed by atoms with Crippen molar-refractivity contribution >= 4 is 22.4 Å². The second kappa shape index (κ2) is 8.59. The number of sulfonamides is 1. The van der Waals surface area contributed by atoms with Gasteiger partial charge in [-0.25, -0.2) is 13.1 Å². The van der Waals surface area contributed by atoms with Gasteiger partial charge in [-0.15, -0.1) is 12.4 Å². The van der Waals surface area contributed by atoms with Gasteiger partial charge in [-0.05, 0) is 62.6 Å². The van der Waals surface area contributed by atoms with Crippen LogP contribution in [0.5, 0.6) is 0 Å². The molecule has 0 aromatic heterocycles. The molecule has 3 fully saturated rings. The molecular formula is C20H31ClN2O2S. The highest BCUT2D eigenvalue weighted by molar-refractivity contribution is 7.89.